The zero-order chi connectivity index (χ0) is 14.1. The third-order valence-electron chi connectivity index (χ3n) is 3.86. The molecule has 0 N–H and O–H groups in total. The Labute approximate surface area is 118 Å². The van der Waals surface area contributed by atoms with E-state index in [4.69, 9.17) is 8.94 Å². The van der Waals surface area contributed by atoms with Crippen molar-refractivity contribution in [3.05, 3.63) is 29.1 Å². The lowest BCUT2D eigenvalue weighted by molar-refractivity contribution is 0.211. The first-order chi connectivity index (χ1) is 9.67. The van der Waals surface area contributed by atoms with Gasteiger partial charge in [0.05, 0.1) is 18.3 Å². The Balaban J connectivity index is 1.75. The summed E-state index contributed by atoms with van der Waals surface area (Å²) < 4.78 is 10.9. The summed E-state index contributed by atoms with van der Waals surface area (Å²) in [6, 6.07) is 0.214. The lowest BCUT2D eigenvalue weighted by Gasteiger charge is -2.19. The van der Waals surface area contributed by atoms with Crippen molar-refractivity contribution in [1.29, 1.82) is 0 Å². The average Bonchev–Trinajstić information content (AvgIpc) is 3.11. The van der Waals surface area contributed by atoms with E-state index in [-0.39, 0.29) is 6.04 Å². The molecular weight excluding hydrogens is 256 g/mol. The van der Waals surface area contributed by atoms with Crippen molar-refractivity contribution in [1.82, 2.24) is 20.0 Å². The van der Waals surface area contributed by atoms with E-state index in [1.54, 1.807) is 0 Å². The largest absolute Gasteiger partial charge is 0.444 e. The molecule has 0 aromatic carbocycles. The van der Waals surface area contributed by atoms with Gasteiger partial charge in [-0.15, -0.1) is 0 Å². The second-order valence-corrected chi connectivity index (χ2v) is 5.28. The van der Waals surface area contributed by atoms with Crippen LogP contribution in [0, 0.1) is 13.8 Å². The van der Waals surface area contributed by atoms with Gasteiger partial charge in [0.2, 0.25) is 11.8 Å². The minimum atomic E-state index is 0.214. The predicted molar refractivity (Wildman–Crippen MR) is 72.0 cm³/mol. The fourth-order valence-corrected chi connectivity index (χ4v) is 2.64. The normalized spacial score (nSPS) is 19.9. The van der Waals surface area contributed by atoms with Crippen LogP contribution in [0.4, 0.5) is 0 Å². The van der Waals surface area contributed by atoms with Crippen LogP contribution in [0.5, 0.6) is 0 Å². The number of nitrogens with zero attached hydrogens (tertiary/aromatic N) is 4. The van der Waals surface area contributed by atoms with Crippen LogP contribution in [0.25, 0.3) is 0 Å². The Morgan fingerprint density at radius 1 is 1.25 bits per heavy atom. The van der Waals surface area contributed by atoms with Gasteiger partial charge in [0.1, 0.15) is 5.76 Å². The second-order valence-electron chi connectivity index (χ2n) is 5.28. The molecule has 3 heterocycles. The highest BCUT2D eigenvalue weighted by Crippen LogP contribution is 2.31. The number of rotatable bonds is 4. The van der Waals surface area contributed by atoms with Gasteiger partial charge in [-0.1, -0.05) is 12.1 Å². The third kappa shape index (κ3) is 2.47. The van der Waals surface area contributed by atoms with Gasteiger partial charge in [0, 0.05) is 6.42 Å². The lowest BCUT2D eigenvalue weighted by atomic mass is 10.2. The van der Waals surface area contributed by atoms with Gasteiger partial charge in [0.15, 0.2) is 5.82 Å². The van der Waals surface area contributed by atoms with E-state index < -0.39 is 0 Å². The fraction of sp³-hybridized carbons (Fsp3) is 0.643. The van der Waals surface area contributed by atoms with Crippen molar-refractivity contribution < 1.29 is 8.94 Å². The molecule has 0 amide bonds. The highest BCUT2D eigenvalue weighted by Gasteiger charge is 2.31. The zero-order valence-corrected chi connectivity index (χ0v) is 12.2. The van der Waals surface area contributed by atoms with E-state index in [2.05, 4.69) is 20.0 Å². The molecule has 1 aliphatic rings. The van der Waals surface area contributed by atoms with E-state index in [1.807, 2.05) is 20.8 Å². The molecule has 0 radical (unpaired) electrons. The summed E-state index contributed by atoms with van der Waals surface area (Å²) in [5.41, 5.74) is 0.962. The number of likely N-dealkylation sites (tertiary alicyclic amines) is 1. The van der Waals surface area contributed by atoms with Crippen molar-refractivity contribution in [2.45, 2.75) is 52.6 Å². The standard InChI is InChI=1S/C14H20N4O2/c1-4-12-16-14(17-20-12)11-6-5-7-18(11)8-13-15-9(2)10(3)19-13/h11H,4-8H2,1-3H3. The molecule has 1 unspecified atom stereocenters. The minimum absolute atomic E-state index is 0.214. The average molecular weight is 276 g/mol. The van der Waals surface area contributed by atoms with Gasteiger partial charge in [-0.2, -0.15) is 4.98 Å². The molecule has 1 saturated heterocycles. The first kappa shape index (κ1) is 13.3. The molecule has 2 aromatic heterocycles. The van der Waals surface area contributed by atoms with E-state index in [9.17, 15) is 0 Å². The molecule has 0 aliphatic carbocycles. The Kier molecular flexibility index (Phi) is 3.56. The number of aromatic nitrogens is 3. The summed E-state index contributed by atoms with van der Waals surface area (Å²) in [6.45, 7) is 7.65. The predicted octanol–water partition coefficient (Wildman–Crippen LogP) is 2.57. The van der Waals surface area contributed by atoms with Crippen LogP contribution >= 0.6 is 0 Å². The van der Waals surface area contributed by atoms with Crippen LogP contribution in [0.2, 0.25) is 0 Å². The molecule has 108 valence electrons. The SMILES string of the molecule is CCc1nc(C2CCCN2Cc2nc(C)c(C)o2)no1. The smallest absolute Gasteiger partial charge is 0.226 e. The van der Waals surface area contributed by atoms with E-state index in [0.717, 1.165) is 49.0 Å². The van der Waals surface area contributed by atoms with E-state index >= 15 is 0 Å². The zero-order valence-electron chi connectivity index (χ0n) is 12.2. The van der Waals surface area contributed by atoms with Crippen molar-refractivity contribution in [2.75, 3.05) is 6.54 Å². The molecule has 6 nitrogen and oxygen atoms in total. The van der Waals surface area contributed by atoms with Gasteiger partial charge in [0.25, 0.3) is 0 Å². The molecule has 1 fully saturated rings. The molecule has 3 rings (SSSR count). The van der Waals surface area contributed by atoms with Crippen molar-refractivity contribution in [2.24, 2.45) is 0 Å². The van der Waals surface area contributed by atoms with Crippen molar-refractivity contribution >= 4 is 0 Å². The maximum atomic E-state index is 5.67. The topological polar surface area (TPSA) is 68.2 Å². The van der Waals surface area contributed by atoms with Crippen LogP contribution in [-0.2, 0) is 13.0 Å². The highest BCUT2D eigenvalue weighted by atomic mass is 16.5. The Hall–Kier alpha value is -1.69. The van der Waals surface area contributed by atoms with Crippen molar-refractivity contribution in [3.63, 3.8) is 0 Å². The summed E-state index contributed by atoms with van der Waals surface area (Å²) in [6.07, 6.45) is 2.97. The molecule has 0 saturated carbocycles. The first-order valence-corrected chi connectivity index (χ1v) is 7.16. The minimum Gasteiger partial charge on any atom is -0.444 e. The molecule has 2 aromatic rings. The van der Waals surface area contributed by atoms with Crippen LogP contribution < -0.4 is 0 Å². The quantitative estimate of drug-likeness (QED) is 0.855. The number of aryl methyl sites for hydroxylation is 3. The molecule has 1 aliphatic heterocycles. The van der Waals surface area contributed by atoms with Gasteiger partial charge in [-0.05, 0) is 33.2 Å². The molecular formula is C14H20N4O2. The fourth-order valence-electron chi connectivity index (χ4n) is 2.64. The summed E-state index contributed by atoms with van der Waals surface area (Å²) in [4.78, 5) is 11.2. The highest BCUT2D eigenvalue weighted by molar-refractivity contribution is 5.06. The number of hydrogen-bond acceptors (Lipinski definition) is 6. The molecule has 20 heavy (non-hydrogen) atoms. The summed E-state index contributed by atoms with van der Waals surface area (Å²) in [5.74, 6) is 3.16. The summed E-state index contributed by atoms with van der Waals surface area (Å²) in [5, 5.41) is 4.10. The summed E-state index contributed by atoms with van der Waals surface area (Å²) >= 11 is 0. The van der Waals surface area contributed by atoms with Crippen LogP contribution in [-0.4, -0.2) is 26.6 Å². The van der Waals surface area contributed by atoms with Gasteiger partial charge in [-0.3, -0.25) is 4.90 Å². The molecule has 1 atom stereocenters. The first-order valence-electron chi connectivity index (χ1n) is 7.16. The van der Waals surface area contributed by atoms with E-state index in [0.29, 0.717) is 12.4 Å². The lowest BCUT2D eigenvalue weighted by Crippen LogP contribution is -2.23. The van der Waals surface area contributed by atoms with Crippen LogP contribution in [0.15, 0.2) is 8.94 Å². The molecule has 6 heteroatoms. The monoisotopic (exact) mass is 276 g/mol. The molecule has 0 bridgehead atoms. The number of hydrogen-bond donors (Lipinski definition) is 0. The van der Waals surface area contributed by atoms with Gasteiger partial charge in [-0.25, -0.2) is 4.98 Å². The Bertz CT molecular complexity index is 570. The van der Waals surface area contributed by atoms with E-state index in [1.165, 1.54) is 0 Å². The van der Waals surface area contributed by atoms with Gasteiger partial charge >= 0.3 is 0 Å². The van der Waals surface area contributed by atoms with Gasteiger partial charge < -0.3 is 8.94 Å². The summed E-state index contributed by atoms with van der Waals surface area (Å²) in [7, 11) is 0. The maximum Gasteiger partial charge on any atom is 0.226 e. The second kappa shape index (κ2) is 5.36. The van der Waals surface area contributed by atoms with Crippen LogP contribution in [0.1, 0.15) is 54.9 Å². The Morgan fingerprint density at radius 3 is 2.75 bits per heavy atom. The third-order valence-corrected chi connectivity index (χ3v) is 3.86. The van der Waals surface area contributed by atoms with Crippen molar-refractivity contribution in [3.8, 4) is 0 Å². The molecule has 0 spiro atoms. The Morgan fingerprint density at radius 2 is 2.10 bits per heavy atom. The maximum absolute atomic E-state index is 5.67. The van der Waals surface area contributed by atoms with Crippen LogP contribution in [0.3, 0.4) is 0 Å². The number of oxazole rings is 1.